The second-order valence-electron chi connectivity index (χ2n) is 5.29. The van der Waals surface area contributed by atoms with Crippen LogP contribution in [0.15, 0.2) is 30.5 Å². The summed E-state index contributed by atoms with van der Waals surface area (Å²) in [5.74, 6) is 0.0528. The van der Waals surface area contributed by atoms with Gasteiger partial charge in [-0.15, -0.1) is 0 Å². The average Bonchev–Trinajstić information content (AvgIpc) is 2.98. The van der Waals surface area contributed by atoms with Crippen LogP contribution in [0.2, 0.25) is 0 Å². The van der Waals surface area contributed by atoms with Gasteiger partial charge in [0.05, 0.1) is 17.4 Å². The van der Waals surface area contributed by atoms with Crippen LogP contribution >= 0.6 is 12.2 Å². The van der Waals surface area contributed by atoms with Crippen molar-refractivity contribution in [2.75, 3.05) is 5.32 Å². The zero-order valence-electron chi connectivity index (χ0n) is 13.7. The van der Waals surface area contributed by atoms with E-state index < -0.39 is 6.61 Å². The van der Waals surface area contributed by atoms with Crippen molar-refractivity contribution in [1.29, 1.82) is 0 Å². The van der Waals surface area contributed by atoms with Crippen molar-refractivity contribution in [3.63, 3.8) is 0 Å². The van der Waals surface area contributed by atoms with Crippen LogP contribution in [-0.4, -0.2) is 21.5 Å². The Balaban J connectivity index is 2.03. The number of nitrogens with zero attached hydrogens (tertiary/aromatic N) is 2. The van der Waals surface area contributed by atoms with E-state index in [9.17, 15) is 8.78 Å². The molecule has 0 radical (unpaired) electrons. The van der Waals surface area contributed by atoms with Gasteiger partial charge in [0, 0.05) is 12.7 Å². The number of rotatable bonds is 6. The number of anilines is 1. The molecule has 0 aliphatic heterocycles. The van der Waals surface area contributed by atoms with E-state index in [2.05, 4.69) is 20.5 Å². The van der Waals surface area contributed by atoms with Gasteiger partial charge in [-0.05, 0) is 56.8 Å². The van der Waals surface area contributed by atoms with Crippen LogP contribution in [0.25, 0.3) is 0 Å². The number of hydrogen-bond acceptors (Lipinski definition) is 3. The summed E-state index contributed by atoms with van der Waals surface area (Å²) in [6.07, 6.45) is 1.89. The van der Waals surface area contributed by atoms with Gasteiger partial charge in [0.2, 0.25) is 0 Å². The second-order valence-corrected chi connectivity index (χ2v) is 5.70. The van der Waals surface area contributed by atoms with Crippen LogP contribution in [0.5, 0.6) is 5.75 Å². The first-order chi connectivity index (χ1) is 11.4. The van der Waals surface area contributed by atoms with Crippen LogP contribution < -0.4 is 15.4 Å². The number of hydrogen-bond donors (Lipinski definition) is 2. The topological polar surface area (TPSA) is 51.1 Å². The lowest BCUT2D eigenvalue weighted by Gasteiger charge is -2.17. The number of aryl methyl sites for hydroxylation is 2. The molecule has 1 aromatic carbocycles. The van der Waals surface area contributed by atoms with Crippen molar-refractivity contribution in [2.45, 2.75) is 40.0 Å². The second kappa shape index (κ2) is 8.05. The molecule has 2 N–H and O–H groups in total. The minimum atomic E-state index is -2.90. The third-order valence-corrected chi connectivity index (χ3v) is 3.60. The van der Waals surface area contributed by atoms with E-state index in [0.717, 1.165) is 17.8 Å². The molecule has 1 unspecified atom stereocenters. The van der Waals surface area contributed by atoms with Gasteiger partial charge in [0.1, 0.15) is 5.75 Å². The van der Waals surface area contributed by atoms with Gasteiger partial charge in [0.15, 0.2) is 5.11 Å². The van der Waals surface area contributed by atoms with Crippen LogP contribution in [0.1, 0.15) is 31.1 Å². The van der Waals surface area contributed by atoms with Gasteiger partial charge in [-0.2, -0.15) is 13.9 Å². The maximum absolute atomic E-state index is 12.5. The zero-order chi connectivity index (χ0) is 17.7. The van der Waals surface area contributed by atoms with Crippen LogP contribution in [0.3, 0.4) is 0 Å². The summed E-state index contributed by atoms with van der Waals surface area (Å²) in [5, 5.41) is 10.7. The molecule has 0 amide bonds. The maximum atomic E-state index is 12.5. The lowest BCUT2D eigenvalue weighted by molar-refractivity contribution is -0.0493. The summed E-state index contributed by atoms with van der Waals surface area (Å²) in [6, 6.07) is 6.75. The number of alkyl halides is 2. The monoisotopic (exact) mass is 354 g/mol. The van der Waals surface area contributed by atoms with Crippen LogP contribution in [0, 0.1) is 6.92 Å². The lowest BCUT2D eigenvalue weighted by Crippen LogP contribution is -2.31. The minimum Gasteiger partial charge on any atom is -0.433 e. The van der Waals surface area contributed by atoms with Gasteiger partial charge in [-0.1, -0.05) is 6.07 Å². The van der Waals surface area contributed by atoms with E-state index in [4.69, 9.17) is 12.2 Å². The third-order valence-electron chi connectivity index (χ3n) is 3.38. The Labute approximate surface area is 145 Å². The standard InChI is InChI=1S/C16H20F2N4OS/c1-4-22-8-7-12(21-22)11(3)19-16(24)20-13-6-5-10(2)9-14(13)23-15(17)18/h5-9,11,15H,4H2,1-3H3,(H2,19,20,24). The fraction of sp³-hybridized carbons (Fsp3) is 0.375. The third kappa shape index (κ3) is 4.89. The Hall–Kier alpha value is -2.22. The van der Waals surface area contributed by atoms with E-state index in [0.29, 0.717) is 10.8 Å². The molecular weight excluding hydrogens is 334 g/mol. The van der Waals surface area contributed by atoms with Crippen molar-refractivity contribution in [3.05, 3.63) is 41.7 Å². The van der Waals surface area contributed by atoms with Crippen molar-refractivity contribution < 1.29 is 13.5 Å². The molecule has 0 aliphatic carbocycles. The summed E-state index contributed by atoms with van der Waals surface area (Å²) in [5.41, 5.74) is 2.03. The molecule has 1 heterocycles. The molecule has 2 aromatic rings. The first kappa shape index (κ1) is 18.1. The van der Waals surface area contributed by atoms with E-state index in [1.165, 1.54) is 6.07 Å². The summed E-state index contributed by atoms with van der Waals surface area (Å²) in [4.78, 5) is 0. The molecule has 1 atom stereocenters. The maximum Gasteiger partial charge on any atom is 0.387 e. The normalized spacial score (nSPS) is 12.1. The molecular formula is C16H20F2N4OS. The Kier molecular flexibility index (Phi) is 6.08. The number of benzene rings is 1. The van der Waals surface area contributed by atoms with Gasteiger partial charge < -0.3 is 15.4 Å². The Morgan fingerprint density at radius 2 is 2.12 bits per heavy atom. The SMILES string of the molecule is CCn1ccc(C(C)NC(=S)Nc2ccc(C)cc2OC(F)F)n1. The molecule has 0 aliphatic rings. The molecule has 0 saturated heterocycles. The van der Waals surface area contributed by atoms with E-state index in [1.54, 1.807) is 19.1 Å². The van der Waals surface area contributed by atoms with Crippen LogP contribution in [-0.2, 0) is 6.54 Å². The molecule has 0 saturated carbocycles. The average molecular weight is 354 g/mol. The molecule has 5 nitrogen and oxygen atoms in total. The number of thiocarbonyl (C=S) groups is 1. The molecule has 24 heavy (non-hydrogen) atoms. The van der Waals surface area contributed by atoms with Crippen molar-refractivity contribution in [3.8, 4) is 5.75 Å². The fourth-order valence-corrected chi connectivity index (χ4v) is 2.43. The number of halogens is 2. The predicted molar refractivity (Wildman–Crippen MR) is 93.5 cm³/mol. The molecule has 8 heteroatoms. The van der Waals surface area contributed by atoms with Crippen molar-refractivity contribution in [1.82, 2.24) is 15.1 Å². The Bertz CT molecular complexity index is 705. The molecule has 0 spiro atoms. The first-order valence-electron chi connectivity index (χ1n) is 7.55. The van der Waals surface area contributed by atoms with Gasteiger partial charge in [-0.25, -0.2) is 0 Å². The smallest absolute Gasteiger partial charge is 0.387 e. The van der Waals surface area contributed by atoms with Crippen molar-refractivity contribution >= 4 is 23.0 Å². The van der Waals surface area contributed by atoms with Gasteiger partial charge >= 0.3 is 6.61 Å². The zero-order valence-corrected chi connectivity index (χ0v) is 14.5. The van der Waals surface area contributed by atoms with E-state index in [1.807, 2.05) is 30.8 Å². The summed E-state index contributed by atoms with van der Waals surface area (Å²) < 4.78 is 31.4. The molecule has 130 valence electrons. The quantitative estimate of drug-likeness (QED) is 0.772. The summed E-state index contributed by atoms with van der Waals surface area (Å²) >= 11 is 5.25. The molecule has 0 bridgehead atoms. The molecule has 1 aromatic heterocycles. The van der Waals surface area contributed by atoms with Gasteiger partial charge in [-0.3, -0.25) is 4.68 Å². The number of ether oxygens (including phenoxy) is 1. The minimum absolute atomic E-state index is 0.0528. The van der Waals surface area contributed by atoms with Crippen molar-refractivity contribution in [2.24, 2.45) is 0 Å². The number of aromatic nitrogens is 2. The lowest BCUT2D eigenvalue weighted by atomic mass is 10.2. The van der Waals surface area contributed by atoms with E-state index >= 15 is 0 Å². The largest absolute Gasteiger partial charge is 0.433 e. The highest BCUT2D eigenvalue weighted by molar-refractivity contribution is 7.80. The number of nitrogens with one attached hydrogen (secondary N) is 2. The molecule has 2 rings (SSSR count). The van der Waals surface area contributed by atoms with Crippen LogP contribution in [0.4, 0.5) is 14.5 Å². The summed E-state index contributed by atoms with van der Waals surface area (Å²) in [7, 11) is 0. The molecule has 0 fully saturated rings. The predicted octanol–water partition coefficient (Wildman–Crippen LogP) is 3.86. The van der Waals surface area contributed by atoms with E-state index in [-0.39, 0.29) is 11.8 Å². The Morgan fingerprint density at radius 3 is 2.75 bits per heavy atom. The highest BCUT2D eigenvalue weighted by atomic mass is 32.1. The summed E-state index contributed by atoms with van der Waals surface area (Å²) in [6.45, 7) is 3.61. The Morgan fingerprint density at radius 1 is 1.38 bits per heavy atom. The first-order valence-corrected chi connectivity index (χ1v) is 7.96. The fourth-order valence-electron chi connectivity index (χ4n) is 2.14. The highest BCUT2D eigenvalue weighted by Gasteiger charge is 2.14. The highest BCUT2D eigenvalue weighted by Crippen LogP contribution is 2.27. The van der Waals surface area contributed by atoms with Gasteiger partial charge in [0.25, 0.3) is 0 Å².